The first-order valence-electron chi connectivity index (χ1n) is 13.3. The van der Waals surface area contributed by atoms with Crippen molar-refractivity contribution in [2.24, 2.45) is 0 Å². The summed E-state index contributed by atoms with van der Waals surface area (Å²) in [5.74, 6) is -0.868. The predicted octanol–water partition coefficient (Wildman–Crippen LogP) is 3.57. The van der Waals surface area contributed by atoms with Gasteiger partial charge in [-0.05, 0) is 58.0 Å². The average Bonchev–Trinajstić information content (AvgIpc) is 3.55. The molecule has 0 aliphatic heterocycles. The van der Waals surface area contributed by atoms with E-state index in [4.69, 9.17) is 21.1 Å². The molecule has 4 rings (SSSR count). The molecule has 1 atom stereocenters. The molecule has 3 N–H and O–H groups in total. The van der Waals surface area contributed by atoms with Gasteiger partial charge in [-0.3, -0.25) is 9.59 Å². The van der Waals surface area contributed by atoms with Crippen molar-refractivity contribution in [1.29, 1.82) is 0 Å². The molecule has 4 aromatic rings. The summed E-state index contributed by atoms with van der Waals surface area (Å²) in [4.78, 5) is 38.1. The van der Waals surface area contributed by atoms with Crippen LogP contribution in [-0.4, -0.2) is 64.5 Å². The Morgan fingerprint density at radius 3 is 2.51 bits per heavy atom. The van der Waals surface area contributed by atoms with Crippen molar-refractivity contribution in [2.45, 2.75) is 19.0 Å². The van der Waals surface area contributed by atoms with E-state index in [1.165, 1.54) is 24.2 Å². The molecule has 1 aromatic heterocycles. The number of tetrazole rings is 1. The van der Waals surface area contributed by atoms with Gasteiger partial charge in [-0.1, -0.05) is 54.1 Å². The highest BCUT2D eigenvalue weighted by Gasteiger charge is 2.21. The van der Waals surface area contributed by atoms with E-state index in [0.29, 0.717) is 28.6 Å². The normalized spacial score (nSPS) is 11.6. The fourth-order valence-electron chi connectivity index (χ4n) is 3.96. The number of aromatic nitrogens is 4. The second-order valence-electron chi connectivity index (χ2n) is 9.21. The molecule has 3 amide bonds. The van der Waals surface area contributed by atoms with E-state index < -0.39 is 23.9 Å². The summed E-state index contributed by atoms with van der Waals surface area (Å²) in [7, 11) is 1.52. The topological polar surface area (TPSA) is 149 Å². The molecule has 0 aliphatic rings. The van der Waals surface area contributed by atoms with Gasteiger partial charge < -0.3 is 25.4 Å². The van der Waals surface area contributed by atoms with Crippen LogP contribution in [0.1, 0.15) is 16.7 Å². The van der Waals surface area contributed by atoms with Crippen molar-refractivity contribution in [3.8, 4) is 5.69 Å². The van der Waals surface area contributed by atoms with Gasteiger partial charge >= 0.3 is 6.09 Å². The molecule has 0 aliphatic carbocycles. The van der Waals surface area contributed by atoms with Crippen LogP contribution >= 0.6 is 11.6 Å². The van der Waals surface area contributed by atoms with Crippen molar-refractivity contribution in [1.82, 2.24) is 30.8 Å². The second kappa shape index (κ2) is 15.8. The number of carbonyl (C=O) groups excluding carboxylic acids is 3. The molecule has 0 bridgehead atoms. The summed E-state index contributed by atoms with van der Waals surface area (Å²) in [5, 5.41) is 20.0. The average molecular weight is 604 g/mol. The number of nitrogens with one attached hydrogen (secondary N) is 3. The fraction of sp³-hybridized carbons (Fsp3) is 0.200. The van der Waals surface area contributed by atoms with Gasteiger partial charge in [-0.25, -0.2) is 4.79 Å². The number of rotatable bonds is 13. The van der Waals surface area contributed by atoms with E-state index in [1.54, 1.807) is 48.5 Å². The van der Waals surface area contributed by atoms with Crippen LogP contribution in [0.4, 0.5) is 10.5 Å². The van der Waals surface area contributed by atoms with E-state index in [-0.39, 0.29) is 19.6 Å². The summed E-state index contributed by atoms with van der Waals surface area (Å²) < 4.78 is 11.3. The second-order valence-corrected chi connectivity index (χ2v) is 9.65. The number of hydrogen-bond acceptors (Lipinski definition) is 8. The predicted molar refractivity (Wildman–Crippen MR) is 160 cm³/mol. The molecule has 0 saturated carbocycles. The van der Waals surface area contributed by atoms with E-state index in [9.17, 15) is 14.4 Å². The van der Waals surface area contributed by atoms with Crippen LogP contribution in [0.15, 0.2) is 85.2 Å². The Hall–Kier alpha value is -5.07. The summed E-state index contributed by atoms with van der Waals surface area (Å²) >= 11 is 6.17. The van der Waals surface area contributed by atoms with E-state index in [1.807, 2.05) is 30.3 Å². The maximum atomic E-state index is 13.3. The highest BCUT2D eigenvalue weighted by Crippen LogP contribution is 2.20. The lowest BCUT2D eigenvalue weighted by Gasteiger charge is -2.18. The summed E-state index contributed by atoms with van der Waals surface area (Å²) in [5.41, 5.74) is 3.45. The van der Waals surface area contributed by atoms with E-state index in [0.717, 1.165) is 11.1 Å². The van der Waals surface area contributed by atoms with E-state index >= 15 is 0 Å². The van der Waals surface area contributed by atoms with Gasteiger partial charge in [0.15, 0.2) is 0 Å². The molecule has 3 aromatic carbocycles. The fourth-order valence-corrected chi connectivity index (χ4v) is 4.14. The first-order valence-corrected chi connectivity index (χ1v) is 13.6. The van der Waals surface area contributed by atoms with Crippen molar-refractivity contribution in [3.05, 3.63) is 107 Å². The lowest BCUT2D eigenvalue weighted by Crippen LogP contribution is -2.44. The van der Waals surface area contributed by atoms with Crippen molar-refractivity contribution < 1.29 is 23.9 Å². The van der Waals surface area contributed by atoms with Gasteiger partial charge in [0.2, 0.25) is 11.8 Å². The number of amides is 3. The molecule has 12 nitrogen and oxygen atoms in total. The molecule has 13 heteroatoms. The number of benzene rings is 3. The Kier molecular flexibility index (Phi) is 11.3. The van der Waals surface area contributed by atoms with Gasteiger partial charge in [0.1, 0.15) is 19.0 Å². The SMILES string of the molecule is COCCOC(=O)NCc1ccc(NC(=O)[C@H](Cc2ccccc2)NC(=O)/C=C/c2cc(Cl)ccc2-n2cnnn2)cc1. The minimum absolute atomic E-state index is 0.159. The number of methoxy groups -OCH3 is 1. The van der Waals surface area contributed by atoms with Crippen LogP contribution in [0.5, 0.6) is 0 Å². The first kappa shape index (κ1) is 30.9. The largest absolute Gasteiger partial charge is 0.447 e. The van der Waals surface area contributed by atoms with E-state index in [2.05, 4.69) is 31.5 Å². The molecule has 0 unspecified atom stereocenters. The molecule has 0 radical (unpaired) electrons. The van der Waals surface area contributed by atoms with Crippen LogP contribution in [0.25, 0.3) is 11.8 Å². The quantitative estimate of drug-likeness (QED) is 0.155. The monoisotopic (exact) mass is 603 g/mol. The van der Waals surface area contributed by atoms with Crippen LogP contribution in [0.3, 0.4) is 0 Å². The summed E-state index contributed by atoms with van der Waals surface area (Å²) in [6, 6.07) is 20.6. The van der Waals surface area contributed by atoms with Crippen molar-refractivity contribution >= 4 is 41.3 Å². The highest BCUT2D eigenvalue weighted by atomic mass is 35.5. The maximum Gasteiger partial charge on any atom is 0.407 e. The Balaban J connectivity index is 1.41. The number of carbonyl (C=O) groups is 3. The molecule has 1 heterocycles. The third-order valence-corrected chi connectivity index (χ3v) is 6.33. The highest BCUT2D eigenvalue weighted by molar-refractivity contribution is 6.30. The van der Waals surface area contributed by atoms with Crippen molar-refractivity contribution in [2.75, 3.05) is 25.6 Å². The van der Waals surface area contributed by atoms with Crippen LogP contribution < -0.4 is 16.0 Å². The molecule has 0 fully saturated rings. The first-order chi connectivity index (χ1) is 20.9. The third kappa shape index (κ3) is 9.76. The Morgan fingerprint density at radius 2 is 1.79 bits per heavy atom. The molecule has 43 heavy (non-hydrogen) atoms. The molecule has 0 spiro atoms. The Morgan fingerprint density at radius 1 is 1.00 bits per heavy atom. The third-order valence-electron chi connectivity index (χ3n) is 6.09. The van der Waals surface area contributed by atoms with Gasteiger partial charge in [0, 0.05) is 42.4 Å². The lowest BCUT2D eigenvalue weighted by molar-refractivity contribution is -0.123. The van der Waals surface area contributed by atoms with Crippen LogP contribution in [0.2, 0.25) is 5.02 Å². The Bertz CT molecular complexity index is 1530. The maximum absolute atomic E-state index is 13.3. The Labute approximate surface area is 253 Å². The van der Waals surface area contributed by atoms with Gasteiger partial charge in [0.05, 0.1) is 12.3 Å². The molecule has 222 valence electrons. The number of halogens is 1. The standard InChI is InChI=1S/C30H30ClN7O5/c1-42-15-16-43-30(41)32-19-22-7-11-25(12-8-22)34-29(40)26(17-21-5-3-2-4-6-21)35-28(39)14-9-23-18-24(31)10-13-27(23)38-20-33-36-37-38/h2-14,18,20,26H,15-17,19H2,1H3,(H,32,41)(H,34,40)(H,35,39)/b14-9+/t26-/m0/s1. The molecular formula is C30H30ClN7O5. The smallest absolute Gasteiger partial charge is 0.407 e. The summed E-state index contributed by atoms with van der Waals surface area (Å²) in [6.07, 6.45) is 4.06. The minimum Gasteiger partial charge on any atom is -0.447 e. The minimum atomic E-state index is -0.874. The lowest BCUT2D eigenvalue weighted by atomic mass is 10.0. The van der Waals surface area contributed by atoms with Gasteiger partial charge in [-0.2, -0.15) is 4.68 Å². The zero-order chi connectivity index (χ0) is 30.4. The number of hydrogen-bond donors (Lipinski definition) is 3. The zero-order valence-corrected chi connectivity index (χ0v) is 24.0. The van der Waals surface area contributed by atoms with Crippen molar-refractivity contribution in [3.63, 3.8) is 0 Å². The van der Waals surface area contributed by atoms with Crippen LogP contribution in [-0.2, 0) is 32.0 Å². The molecular weight excluding hydrogens is 574 g/mol. The zero-order valence-electron chi connectivity index (χ0n) is 23.3. The molecule has 0 saturated heterocycles. The summed E-state index contributed by atoms with van der Waals surface area (Å²) in [6.45, 7) is 0.724. The number of anilines is 1. The number of nitrogens with zero attached hydrogens (tertiary/aromatic N) is 4. The number of ether oxygens (including phenoxy) is 2. The van der Waals surface area contributed by atoms with Crippen LogP contribution in [0, 0.1) is 0 Å². The number of alkyl carbamates (subject to hydrolysis) is 1. The van der Waals surface area contributed by atoms with Gasteiger partial charge in [-0.15, -0.1) is 5.10 Å². The van der Waals surface area contributed by atoms with Gasteiger partial charge in [0.25, 0.3) is 0 Å².